The van der Waals surface area contributed by atoms with Gasteiger partial charge in [0.2, 0.25) is 0 Å². The van der Waals surface area contributed by atoms with Crippen LogP contribution in [0.25, 0.3) is 22.4 Å². The lowest BCUT2D eigenvalue weighted by Gasteiger charge is -2.42. The molecule has 0 saturated heterocycles. The molecule has 0 aliphatic heterocycles. The first-order chi connectivity index (χ1) is 37.7. The number of benzene rings is 6. The summed E-state index contributed by atoms with van der Waals surface area (Å²) in [6.45, 7) is 47.6. The van der Waals surface area contributed by atoms with Crippen molar-refractivity contribution in [2.24, 2.45) is 0 Å². The number of carboxylic acids is 1. The lowest BCUT2D eigenvalue weighted by Crippen LogP contribution is -2.34. The molecule has 3 aliphatic carbocycles. The third-order valence-corrected chi connectivity index (χ3v) is 18.7. The van der Waals surface area contributed by atoms with E-state index < -0.39 is 11.2 Å². The minimum Gasteiger partial charge on any atom is -0.478 e. The molecule has 0 saturated carbocycles. The van der Waals surface area contributed by atoms with Crippen molar-refractivity contribution in [1.29, 1.82) is 0 Å². The average molecular weight is 1100 g/mol. The second-order valence-electron chi connectivity index (χ2n) is 27.1. The SMILES string of the molecule is C=C(c1ccc(-n2nn[nH]c2=O)cc1)c1cc2c(cc1C)C(C)(C)CCC2(C)C.C=C(c1ccc(C(=O)Cl)cc1)c1cc2c(cc1C)C(C)(C)CCC2(C)C.C=C(c1ccc(C(=O)O)cc1)c1cc2c(cc1C)C(C)(C)CCC2(C)C. The van der Waals surface area contributed by atoms with Crippen molar-refractivity contribution in [2.45, 2.75) is 175 Å². The Kier molecular flexibility index (Phi) is 16.3. The highest BCUT2D eigenvalue weighted by molar-refractivity contribution is 6.67. The van der Waals surface area contributed by atoms with E-state index in [-0.39, 0.29) is 38.2 Å². The first-order valence-electron chi connectivity index (χ1n) is 28.5. The topological polar surface area (TPSA) is 118 Å². The average Bonchev–Trinajstić information content (AvgIpc) is 3.98. The van der Waals surface area contributed by atoms with Gasteiger partial charge in [-0.25, -0.2) is 14.7 Å². The fraction of sp³-hybridized carbons (Fsp3) is 0.375. The molecule has 1 heterocycles. The molecule has 0 fully saturated rings. The Labute approximate surface area is 486 Å². The summed E-state index contributed by atoms with van der Waals surface area (Å²) in [5, 5.41) is 18.3. The number of carbonyl (C=O) groups is 2. The number of hydrogen-bond acceptors (Lipinski definition) is 5. The molecule has 10 rings (SSSR count). The highest BCUT2D eigenvalue weighted by Gasteiger charge is 2.40. The van der Waals surface area contributed by atoms with Gasteiger partial charge < -0.3 is 5.11 Å². The largest absolute Gasteiger partial charge is 0.478 e. The third kappa shape index (κ3) is 12.1. The number of nitrogens with zero attached hydrogens (tertiary/aromatic N) is 3. The van der Waals surface area contributed by atoms with Crippen LogP contribution in [0, 0.1) is 20.8 Å². The van der Waals surface area contributed by atoms with E-state index in [2.05, 4.69) is 176 Å². The highest BCUT2D eigenvalue weighted by Crippen LogP contribution is 2.50. The van der Waals surface area contributed by atoms with E-state index in [0.717, 1.165) is 39.0 Å². The van der Waals surface area contributed by atoms with E-state index in [1.54, 1.807) is 24.3 Å². The predicted molar refractivity (Wildman–Crippen MR) is 336 cm³/mol. The number of halogens is 1. The van der Waals surface area contributed by atoms with Crippen molar-refractivity contribution in [3.8, 4) is 5.69 Å². The van der Waals surface area contributed by atoms with Crippen LogP contribution in [0.2, 0.25) is 0 Å². The monoisotopic (exact) mass is 1100 g/mol. The summed E-state index contributed by atoms with van der Waals surface area (Å²) in [6, 6.07) is 36.1. The van der Waals surface area contributed by atoms with E-state index in [1.165, 1.54) is 104 Å². The lowest BCUT2D eigenvalue weighted by atomic mass is 9.62. The van der Waals surface area contributed by atoms with Gasteiger partial charge in [0.05, 0.1) is 11.3 Å². The molecule has 6 aromatic carbocycles. The Morgan fingerprint density at radius 2 is 0.716 bits per heavy atom. The Hall–Kier alpha value is -7.16. The van der Waals surface area contributed by atoms with E-state index >= 15 is 0 Å². The molecule has 0 bridgehead atoms. The Morgan fingerprint density at radius 3 is 0.975 bits per heavy atom. The summed E-state index contributed by atoms with van der Waals surface area (Å²) in [6.07, 6.45) is 7.16. The highest BCUT2D eigenvalue weighted by atomic mass is 35.5. The first-order valence-corrected chi connectivity index (χ1v) is 28.8. The number of hydrogen-bond donors (Lipinski definition) is 2. The molecule has 7 aromatic rings. The van der Waals surface area contributed by atoms with Crippen LogP contribution in [0.5, 0.6) is 0 Å². The van der Waals surface area contributed by atoms with Crippen molar-refractivity contribution < 1.29 is 14.7 Å². The van der Waals surface area contributed by atoms with Crippen molar-refractivity contribution in [3.05, 3.63) is 234 Å². The normalized spacial score (nSPS) is 17.3. The smallest absolute Gasteiger partial charge is 0.365 e. The third-order valence-electron chi connectivity index (χ3n) is 18.4. The number of H-pyrrole nitrogens is 1. The summed E-state index contributed by atoms with van der Waals surface area (Å²) in [7, 11) is 0. The quantitative estimate of drug-likeness (QED) is 0.139. The van der Waals surface area contributed by atoms with Gasteiger partial charge in [-0.15, -0.1) is 0 Å². The van der Waals surface area contributed by atoms with Gasteiger partial charge in [-0.2, -0.15) is 4.68 Å². The zero-order chi connectivity index (χ0) is 59.5. The number of rotatable bonds is 9. The lowest BCUT2D eigenvalue weighted by molar-refractivity contribution is 0.0696. The standard InChI is InChI=1S/C24H27ClO.C24H28N4O.C24H28O2/c1-15-13-20-21(24(5,6)12-11-23(20,3)4)14-19(15)16(2)17-7-9-18(10-8-17)22(25)26;1-15-13-20-21(24(5,6)12-11-23(20,3)4)14-19(15)16(2)17-7-9-18(10-8-17)28-22(29)25-26-27-28;1-15-13-20-21(24(5,6)12-11-23(20,3)4)14-19(15)16(2)17-7-9-18(10-8-17)22(25)26/h7-10,13-14H,2,11-12H2,1,3-6H3;7-10,13-14H,2,11-12H2,1,3-6H3,(H,25,27,29);7-10,13-14H,2,11-12H2,1,3-6H3,(H,25,26). The number of tetrazole rings is 1. The van der Waals surface area contributed by atoms with Crippen molar-refractivity contribution in [2.75, 3.05) is 0 Å². The maximum Gasteiger partial charge on any atom is 0.365 e. The van der Waals surface area contributed by atoms with E-state index in [9.17, 15) is 14.4 Å². The van der Waals surface area contributed by atoms with Gasteiger partial charge in [-0.3, -0.25) is 4.79 Å². The number of nitrogens with one attached hydrogen (secondary N) is 1. The summed E-state index contributed by atoms with van der Waals surface area (Å²) >= 11 is 5.55. The van der Waals surface area contributed by atoms with Crippen molar-refractivity contribution in [3.63, 3.8) is 0 Å². The molecular formula is C72H83ClN4O4. The number of fused-ring (bicyclic) bond motifs is 3. The minimum atomic E-state index is -0.906. The molecule has 0 atom stereocenters. The Morgan fingerprint density at radius 1 is 0.457 bits per heavy atom. The van der Waals surface area contributed by atoms with E-state index in [0.29, 0.717) is 16.8 Å². The minimum absolute atomic E-state index is 0.154. The zero-order valence-corrected chi connectivity index (χ0v) is 51.4. The Bertz CT molecular complexity index is 3540. The molecule has 1 aromatic heterocycles. The van der Waals surface area contributed by atoms with Crippen LogP contribution >= 0.6 is 11.6 Å². The van der Waals surface area contributed by atoms with Gasteiger partial charge in [0.25, 0.3) is 5.24 Å². The van der Waals surface area contributed by atoms with Gasteiger partial charge in [0, 0.05) is 5.56 Å². The molecular weight excluding hydrogens is 1020 g/mol. The van der Waals surface area contributed by atoms with Crippen LogP contribution < -0.4 is 5.69 Å². The van der Waals surface area contributed by atoms with Crippen molar-refractivity contribution in [1.82, 2.24) is 20.2 Å². The number of aromatic amines is 1. The fourth-order valence-corrected chi connectivity index (χ4v) is 12.5. The van der Waals surface area contributed by atoms with Gasteiger partial charge in [0.15, 0.2) is 0 Å². The van der Waals surface area contributed by atoms with Crippen LogP contribution in [0.1, 0.15) is 226 Å². The summed E-state index contributed by atoms with van der Waals surface area (Å²) < 4.78 is 1.24. The number of carboxylic acid groups (broad SMARTS) is 1. The summed E-state index contributed by atoms with van der Waals surface area (Å²) in [4.78, 5) is 34.1. The van der Waals surface area contributed by atoms with Gasteiger partial charge >= 0.3 is 11.7 Å². The van der Waals surface area contributed by atoms with Gasteiger partial charge in [-0.05, 0) is 250 Å². The molecule has 422 valence electrons. The zero-order valence-electron chi connectivity index (χ0n) is 50.6. The molecule has 0 amide bonds. The van der Waals surface area contributed by atoms with E-state index in [1.807, 2.05) is 48.5 Å². The Balaban J connectivity index is 0.000000160. The molecule has 8 nitrogen and oxygen atoms in total. The maximum absolute atomic E-state index is 11.7. The molecule has 0 spiro atoms. The summed E-state index contributed by atoms with van der Waals surface area (Å²) in [5.41, 5.74) is 24.0. The van der Waals surface area contributed by atoms with Crippen LogP contribution in [0.4, 0.5) is 0 Å². The van der Waals surface area contributed by atoms with Crippen LogP contribution in [0.15, 0.2) is 134 Å². The molecule has 3 aliphatic rings. The number of aromatic nitrogens is 4. The van der Waals surface area contributed by atoms with Crippen LogP contribution in [0.3, 0.4) is 0 Å². The maximum atomic E-state index is 11.7. The van der Waals surface area contributed by atoms with Gasteiger partial charge in [0.1, 0.15) is 0 Å². The van der Waals surface area contributed by atoms with Crippen molar-refractivity contribution >= 4 is 39.5 Å². The van der Waals surface area contributed by atoms with Crippen LogP contribution in [-0.2, 0) is 32.5 Å². The number of aryl methyl sites for hydroxylation is 3. The second kappa shape index (κ2) is 22.0. The van der Waals surface area contributed by atoms with E-state index in [4.69, 9.17) is 16.7 Å². The molecule has 9 heteroatoms. The van der Waals surface area contributed by atoms with Crippen LogP contribution in [-0.4, -0.2) is 36.5 Å². The molecule has 2 N–H and O–H groups in total. The predicted octanol–water partition coefficient (Wildman–Crippen LogP) is 17.6. The summed E-state index contributed by atoms with van der Waals surface area (Å²) in [5.74, 6) is -0.906. The first kappa shape index (κ1) is 59.9. The number of carbonyl (C=O) groups excluding carboxylic acids is 1. The number of aromatic carboxylic acids is 1. The fourth-order valence-electron chi connectivity index (χ4n) is 12.4. The molecule has 81 heavy (non-hydrogen) atoms. The molecule has 0 unspecified atom stereocenters. The molecule has 0 radical (unpaired) electrons. The second-order valence-corrected chi connectivity index (χ2v) is 27.4. The van der Waals surface area contributed by atoms with Gasteiger partial charge in [-0.1, -0.05) is 176 Å².